The van der Waals surface area contributed by atoms with E-state index in [0.29, 0.717) is 13.1 Å². The van der Waals surface area contributed by atoms with Crippen LogP contribution in [0.5, 0.6) is 0 Å². The fourth-order valence-electron chi connectivity index (χ4n) is 1.65. The van der Waals surface area contributed by atoms with Gasteiger partial charge in [0.15, 0.2) is 0 Å². The van der Waals surface area contributed by atoms with Crippen LogP contribution in [-0.2, 0) is 10.0 Å². The molecule has 0 aromatic heterocycles. The molecule has 0 aliphatic carbocycles. The van der Waals surface area contributed by atoms with E-state index in [-0.39, 0.29) is 6.61 Å². The molecule has 0 radical (unpaired) electrons. The molecule has 5 nitrogen and oxygen atoms in total. The van der Waals surface area contributed by atoms with Crippen LogP contribution in [0.1, 0.15) is 13.8 Å². The second kappa shape index (κ2) is 5.25. The quantitative estimate of drug-likeness (QED) is 0.703. The Kier molecular flexibility index (Phi) is 4.51. The van der Waals surface area contributed by atoms with Crippen molar-refractivity contribution in [2.45, 2.75) is 19.1 Å². The number of nitrogens with zero attached hydrogens (tertiary/aromatic N) is 2. The second-order valence-electron chi connectivity index (χ2n) is 3.87. The van der Waals surface area contributed by atoms with E-state index in [4.69, 9.17) is 5.11 Å². The van der Waals surface area contributed by atoms with Crippen molar-refractivity contribution in [1.29, 1.82) is 0 Å². The van der Waals surface area contributed by atoms with E-state index in [1.807, 2.05) is 0 Å². The molecule has 1 aliphatic heterocycles. The zero-order valence-electron chi connectivity index (χ0n) is 9.39. The maximum absolute atomic E-state index is 11.9. The zero-order valence-corrected chi connectivity index (χ0v) is 10.2. The lowest BCUT2D eigenvalue weighted by Gasteiger charge is -2.34. The first-order chi connectivity index (χ1) is 7.02. The highest BCUT2D eigenvalue weighted by Gasteiger charge is 2.30. The third-order valence-electron chi connectivity index (χ3n) is 2.90. The van der Waals surface area contributed by atoms with Crippen LogP contribution < -0.4 is 0 Å². The van der Waals surface area contributed by atoms with Gasteiger partial charge in [-0.1, -0.05) is 6.92 Å². The Balaban J connectivity index is 2.60. The monoisotopic (exact) mass is 236 g/mol. The average molecular weight is 236 g/mol. The van der Waals surface area contributed by atoms with Crippen LogP contribution in [-0.4, -0.2) is 67.3 Å². The topological polar surface area (TPSA) is 60.9 Å². The van der Waals surface area contributed by atoms with Crippen molar-refractivity contribution in [3.8, 4) is 0 Å². The Morgan fingerprint density at radius 1 is 1.27 bits per heavy atom. The lowest BCUT2D eigenvalue weighted by atomic mass is 10.4. The molecule has 1 aliphatic rings. The Morgan fingerprint density at radius 3 is 2.20 bits per heavy atom. The first kappa shape index (κ1) is 12.9. The molecule has 0 bridgehead atoms. The third-order valence-corrected chi connectivity index (χ3v) is 5.15. The van der Waals surface area contributed by atoms with Crippen LogP contribution in [0.2, 0.25) is 0 Å². The van der Waals surface area contributed by atoms with Gasteiger partial charge >= 0.3 is 0 Å². The number of hydrogen-bond donors (Lipinski definition) is 1. The van der Waals surface area contributed by atoms with Crippen LogP contribution in [0.4, 0.5) is 0 Å². The van der Waals surface area contributed by atoms with Crippen molar-refractivity contribution in [2.24, 2.45) is 0 Å². The van der Waals surface area contributed by atoms with Crippen molar-refractivity contribution >= 4 is 10.0 Å². The number of piperazine rings is 1. The Hall–Kier alpha value is -0.170. The third kappa shape index (κ3) is 2.90. The highest BCUT2D eigenvalue weighted by molar-refractivity contribution is 7.89. The molecular weight excluding hydrogens is 216 g/mol. The van der Waals surface area contributed by atoms with Gasteiger partial charge < -0.3 is 10.0 Å². The summed E-state index contributed by atoms with van der Waals surface area (Å²) in [5.41, 5.74) is 0. The Bertz CT molecular complexity index is 284. The van der Waals surface area contributed by atoms with Gasteiger partial charge in [0.1, 0.15) is 0 Å². The lowest BCUT2D eigenvalue weighted by molar-refractivity contribution is 0.193. The van der Waals surface area contributed by atoms with Crippen LogP contribution >= 0.6 is 0 Å². The molecule has 1 unspecified atom stereocenters. The fraction of sp³-hybridized carbons (Fsp3) is 1.00. The maximum Gasteiger partial charge on any atom is 0.219 e. The molecule has 1 N–H and O–H groups in total. The van der Waals surface area contributed by atoms with E-state index in [0.717, 1.165) is 19.6 Å². The van der Waals surface area contributed by atoms with Crippen molar-refractivity contribution in [1.82, 2.24) is 9.21 Å². The molecule has 0 spiro atoms. The molecular formula is C9H20N2O3S. The fourth-order valence-corrected chi connectivity index (χ4v) is 3.02. The standard InChI is InChI=1S/C9H20N2O3S/c1-3-10-4-6-11(7-5-10)15(13,14)9(2)8-12/h9,12H,3-8H2,1-2H3. The molecule has 6 heteroatoms. The molecule has 1 atom stereocenters. The van der Waals surface area contributed by atoms with Gasteiger partial charge in [-0.25, -0.2) is 8.42 Å². The van der Waals surface area contributed by atoms with E-state index < -0.39 is 15.3 Å². The number of likely N-dealkylation sites (N-methyl/N-ethyl adjacent to an activating group) is 1. The summed E-state index contributed by atoms with van der Waals surface area (Å²) in [5.74, 6) is 0. The molecule has 0 aromatic carbocycles. The van der Waals surface area contributed by atoms with Crippen LogP contribution in [0.3, 0.4) is 0 Å². The summed E-state index contributed by atoms with van der Waals surface area (Å²) in [5, 5.41) is 8.19. The Morgan fingerprint density at radius 2 is 1.80 bits per heavy atom. The second-order valence-corrected chi connectivity index (χ2v) is 6.22. The molecule has 0 aromatic rings. The zero-order chi connectivity index (χ0) is 11.5. The normalized spacial score (nSPS) is 22.9. The van der Waals surface area contributed by atoms with Crippen molar-refractivity contribution in [3.63, 3.8) is 0 Å². The molecule has 1 fully saturated rings. The van der Waals surface area contributed by atoms with Gasteiger partial charge in [-0.3, -0.25) is 0 Å². The maximum atomic E-state index is 11.9. The molecule has 90 valence electrons. The summed E-state index contributed by atoms with van der Waals surface area (Å²) >= 11 is 0. The molecule has 0 amide bonds. The summed E-state index contributed by atoms with van der Waals surface area (Å²) < 4.78 is 25.2. The van der Waals surface area contributed by atoms with Gasteiger partial charge in [-0.2, -0.15) is 4.31 Å². The minimum atomic E-state index is -3.29. The predicted octanol–water partition coefficient (Wildman–Crippen LogP) is -0.665. The lowest BCUT2D eigenvalue weighted by Crippen LogP contribution is -2.51. The van der Waals surface area contributed by atoms with E-state index in [1.165, 1.54) is 4.31 Å². The van der Waals surface area contributed by atoms with Gasteiger partial charge in [-0.05, 0) is 13.5 Å². The summed E-state index contributed by atoms with van der Waals surface area (Å²) in [7, 11) is -3.29. The van der Waals surface area contributed by atoms with Crippen LogP contribution in [0.25, 0.3) is 0 Å². The summed E-state index contributed by atoms with van der Waals surface area (Å²) in [6.07, 6.45) is 0. The number of hydrogen-bond acceptors (Lipinski definition) is 4. The summed E-state index contributed by atoms with van der Waals surface area (Å²) in [4.78, 5) is 2.22. The summed E-state index contributed by atoms with van der Waals surface area (Å²) in [6, 6.07) is 0. The van der Waals surface area contributed by atoms with Gasteiger partial charge in [0, 0.05) is 26.2 Å². The molecule has 0 saturated carbocycles. The highest BCUT2D eigenvalue weighted by atomic mass is 32.2. The van der Waals surface area contributed by atoms with Gasteiger partial charge in [0.05, 0.1) is 11.9 Å². The van der Waals surface area contributed by atoms with E-state index >= 15 is 0 Å². The molecule has 1 heterocycles. The van der Waals surface area contributed by atoms with E-state index in [9.17, 15) is 8.42 Å². The molecule has 1 rings (SSSR count). The summed E-state index contributed by atoms with van der Waals surface area (Å²) in [6.45, 7) is 6.92. The minimum Gasteiger partial charge on any atom is -0.395 e. The first-order valence-corrected chi connectivity index (χ1v) is 6.84. The molecule has 15 heavy (non-hydrogen) atoms. The van der Waals surface area contributed by atoms with Gasteiger partial charge in [0.25, 0.3) is 0 Å². The minimum absolute atomic E-state index is 0.309. The van der Waals surface area contributed by atoms with E-state index in [2.05, 4.69) is 11.8 Å². The predicted molar refractivity (Wildman–Crippen MR) is 59.2 cm³/mol. The van der Waals surface area contributed by atoms with Crippen molar-refractivity contribution in [2.75, 3.05) is 39.3 Å². The van der Waals surface area contributed by atoms with Crippen molar-refractivity contribution in [3.05, 3.63) is 0 Å². The van der Waals surface area contributed by atoms with E-state index in [1.54, 1.807) is 6.92 Å². The van der Waals surface area contributed by atoms with Gasteiger partial charge in [-0.15, -0.1) is 0 Å². The van der Waals surface area contributed by atoms with Gasteiger partial charge in [0.2, 0.25) is 10.0 Å². The smallest absolute Gasteiger partial charge is 0.219 e. The SMILES string of the molecule is CCN1CCN(S(=O)(=O)C(C)CO)CC1. The van der Waals surface area contributed by atoms with Crippen molar-refractivity contribution < 1.29 is 13.5 Å². The Labute approximate surface area is 91.7 Å². The van der Waals surface area contributed by atoms with Crippen LogP contribution in [0.15, 0.2) is 0 Å². The number of aliphatic hydroxyl groups excluding tert-OH is 1. The first-order valence-electron chi connectivity index (χ1n) is 5.34. The average Bonchev–Trinajstić information content (AvgIpc) is 2.28. The number of aliphatic hydroxyl groups is 1. The number of rotatable bonds is 4. The largest absolute Gasteiger partial charge is 0.395 e. The highest BCUT2D eigenvalue weighted by Crippen LogP contribution is 2.12. The van der Waals surface area contributed by atoms with Crippen LogP contribution in [0, 0.1) is 0 Å². The number of sulfonamides is 1. The molecule has 1 saturated heterocycles.